The van der Waals surface area contributed by atoms with E-state index in [4.69, 9.17) is 12.2 Å². The fraction of sp³-hybridized carbons (Fsp3) is 0.632. The number of nitrogens with zero attached hydrogens (tertiary/aromatic N) is 1. The first-order valence-electron chi connectivity index (χ1n) is 9.10. The van der Waals surface area contributed by atoms with Crippen LogP contribution in [-0.4, -0.2) is 34.2 Å². The molecule has 124 valence electrons. The van der Waals surface area contributed by atoms with Gasteiger partial charge in [-0.15, -0.1) is 0 Å². The second-order valence-corrected chi connectivity index (χ2v) is 7.96. The highest BCUT2D eigenvalue weighted by atomic mass is 32.1. The molecule has 3 aliphatic rings. The molecule has 0 radical (unpaired) electrons. The molecule has 3 fully saturated rings. The summed E-state index contributed by atoms with van der Waals surface area (Å²) in [7, 11) is 0. The van der Waals surface area contributed by atoms with Crippen molar-refractivity contribution in [3.05, 3.63) is 29.8 Å². The number of anilines is 1. The van der Waals surface area contributed by atoms with Gasteiger partial charge in [-0.1, -0.05) is 18.6 Å². The van der Waals surface area contributed by atoms with Crippen molar-refractivity contribution in [1.82, 2.24) is 10.2 Å². The van der Waals surface area contributed by atoms with Gasteiger partial charge in [0.05, 0.1) is 0 Å². The highest BCUT2D eigenvalue weighted by Gasteiger charge is 2.44. The first-order chi connectivity index (χ1) is 11.2. The van der Waals surface area contributed by atoms with Crippen LogP contribution in [0.1, 0.15) is 50.5 Å². The molecule has 1 aromatic rings. The van der Waals surface area contributed by atoms with Crippen LogP contribution in [0.2, 0.25) is 0 Å². The summed E-state index contributed by atoms with van der Waals surface area (Å²) in [5, 5.41) is 7.71. The second-order valence-electron chi connectivity index (χ2n) is 7.55. The molecule has 4 rings (SSSR count). The molecule has 2 saturated heterocycles. The third-order valence-corrected chi connectivity index (χ3v) is 5.83. The Hall–Kier alpha value is -1.13. The van der Waals surface area contributed by atoms with E-state index >= 15 is 0 Å². The number of rotatable bonds is 3. The smallest absolute Gasteiger partial charge is 0.170 e. The third kappa shape index (κ3) is 3.53. The molecule has 23 heavy (non-hydrogen) atoms. The molecule has 2 aliphatic heterocycles. The maximum atomic E-state index is 5.55. The van der Waals surface area contributed by atoms with E-state index in [-0.39, 0.29) is 0 Å². The summed E-state index contributed by atoms with van der Waals surface area (Å²) in [6, 6.07) is 11.4. The van der Waals surface area contributed by atoms with Crippen molar-refractivity contribution in [2.24, 2.45) is 0 Å². The van der Waals surface area contributed by atoms with Crippen molar-refractivity contribution in [1.29, 1.82) is 0 Å². The van der Waals surface area contributed by atoms with Crippen molar-refractivity contribution in [2.45, 2.75) is 76.0 Å². The molecule has 0 amide bonds. The van der Waals surface area contributed by atoms with E-state index < -0.39 is 0 Å². The van der Waals surface area contributed by atoms with Crippen molar-refractivity contribution < 1.29 is 0 Å². The maximum Gasteiger partial charge on any atom is 0.170 e. The number of hydrogen-bond acceptors (Lipinski definition) is 2. The first-order valence-corrected chi connectivity index (χ1v) is 9.51. The molecule has 2 heterocycles. The van der Waals surface area contributed by atoms with Gasteiger partial charge in [0.15, 0.2) is 5.11 Å². The standard InChI is InChI=1S/C19H27N3S/c1-13-4-2-5-14(10-13)20-19(23)21-15-11-17-6-3-7-18(12-15)22(17)16-8-9-16/h2,4-5,10,15-18H,3,6-9,11-12H2,1H3,(H2,20,21,23)/t15?,17-,18+. The minimum Gasteiger partial charge on any atom is -0.360 e. The van der Waals surface area contributed by atoms with Gasteiger partial charge in [-0.25, -0.2) is 0 Å². The first kappa shape index (κ1) is 15.4. The van der Waals surface area contributed by atoms with Crippen molar-refractivity contribution in [2.75, 3.05) is 5.32 Å². The molecule has 2 bridgehead atoms. The molecule has 1 aliphatic carbocycles. The number of thiocarbonyl (C=S) groups is 1. The number of hydrogen-bond donors (Lipinski definition) is 2. The maximum absolute atomic E-state index is 5.55. The van der Waals surface area contributed by atoms with E-state index in [9.17, 15) is 0 Å². The lowest BCUT2D eigenvalue weighted by molar-refractivity contribution is 0.0209. The van der Waals surface area contributed by atoms with Gasteiger partial charge in [-0.3, -0.25) is 4.90 Å². The zero-order valence-corrected chi connectivity index (χ0v) is 14.7. The monoisotopic (exact) mass is 329 g/mol. The Kier molecular flexibility index (Phi) is 4.29. The Morgan fingerprint density at radius 2 is 1.83 bits per heavy atom. The molecule has 0 aromatic heterocycles. The van der Waals surface area contributed by atoms with E-state index in [1.54, 1.807) is 0 Å². The van der Waals surface area contributed by atoms with E-state index in [0.717, 1.165) is 28.9 Å². The lowest BCUT2D eigenvalue weighted by Gasteiger charge is -2.49. The van der Waals surface area contributed by atoms with Gasteiger partial charge in [0.25, 0.3) is 0 Å². The van der Waals surface area contributed by atoms with Crippen LogP contribution in [0.4, 0.5) is 5.69 Å². The van der Waals surface area contributed by atoms with Crippen molar-refractivity contribution >= 4 is 23.0 Å². The summed E-state index contributed by atoms with van der Waals surface area (Å²) < 4.78 is 0. The van der Waals surface area contributed by atoms with Gasteiger partial charge in [0, 0.05) is 29.9 Å². The van der Waals surface area contributed by atoms with Crippen molar-refractivity contribution in [3.8, 4) is 0 Å². The summed E-state index contributed by atoms with van der Waals surface area (Å²) in [5.74, 6) is 0. The highest BCUT2D eigenvalue weighted by Crippen LogP contribution is 2.41. The van der Waals surface area contributed by atoms with Gasteiger partial charge in [-0.05, 0) is 75.4 Å². The summed E-state index contributed by atoms with van der Waals surface area (Å²) in [5.41, 5.74) is 2.34. The van der Waals surface area contributed by atoms with Gasteiger partial charge in [0.2, 0.25) is 0 Å². The Morgan fingerprint density at radius 1 is 1.09 bits per heavy atom. The molecule has 4 heteroatoms. The van der Waals surface area contributed by atoms with Gasteiger partial charge >= 0.3 is 0 Å². The fourth-order valence-corrected chi connectivity index (χ4v) is 4.86. The average Bonchev–Trinajstić information content (AvgIpc) is 3.30. The Balaban J connectivity index is 1.35. The van der Waals surface area contributed by atoms with Crippen LogP contribution < -0.4 is 10.6 Å². The summed E-state index contributed by atoms with van der Waals surface area (Å²) in [4.78, 5) is 2.86. The quantitative estimate of drug-likeness (QED) is 0.824. The molecule has 1 unspecified atom stereocenters. The lowest BCUT2D eigenvalue weighted by atomic mass is 9.81. The molecule has 2 N–H and O–H groups in total. The van der Waals surface area contributed by atoms with E-state index in [1.807, 2.05) is 0 Å². The number of benzene rings is 1. The van der Waals surface area contributed by atoms with Gasteiger partial charge < -0.3 is 10.6 Å². The fourth-order valence-electron chi connectivity index (χ4n) is 4.58. The van der Waals surface area contributed by atoms with Crippen LogP contribution in [0.3, 0.4) is 0 Å². The summed E-state index contributed by atoms with van der Waals surface area (Å²) in [6.45, 7) is 2.11. The Morgan fingerprint density at radius 3 is 2.48 bits per heavy atom. The molecule has 3 nitrogen and oxygen atoms in total. The number of aryl methyl sites for hydroxylation is 1. The van der Waals surface area contributed by atoms with Crippen LogP contribution in [-0.2, 0) is 0 Å². The minimum atomic E-state index is 0.533. The number of nitrogens with one attached hydrogen (secondary N) is 2. The normalized spacial score (nSPS) is 30.7. The largest absolute Gasteiger partial charge is 0.360 e. The number of fused-ring (bicyclic) bond motifs is 2. The van der Waals surface area contributed by atoms with Gasteiger partial charge in [-0.2, -0.15) is 0 Å². The topological polar surface area (TPSA) is 27.3 Å². The van der Waals surface area contributed by atoms with Crippen LogP contribution in [0.15, 0.2) is 24.3 Å². The summed E-state index contributed by atoms with van der Waals surface area (Å²) >= 11 is 5.55. The predicted molar refractivity (Wildman–Crippen MR) is 99.8 cm³/mol. The van der Waals surface area contributed by atoms with Crippen LogP contribution in [0.25, 0.3) is 0 Å². The molecule has 1 aromatic carbocycles. The molecule has 3 atom stereocenters. The van der Waals surface area contributed by atoms with Crippen LogP contribution in [0, 0.1) is 6.92 Å². The Bertz CT molecular complexity index is 570. The minimum absolute atomic E-state index is 0.533. The molecule has 1 saturated carbocycles. The van der Waals surface area contributed by atoms with Crippen molar-refractivity contribution in [3.63, 3.8) is 0 Å². The zero-order chi connectivity index (χ0) is 15.8. The van der Waals surface area contributed by atoms with Crippen LogP contribution >= 0.6 is 12.2 Å². The van der Waals surface area contributed by atoms with E-state index in [1.165, 1.54) is 50.5 Å². The van der Waals surface area contributed by atoms with E-state index in [2.05, 4.69) is 46.7 Å². The SMILES string of the molecule is Cc1cccc(NC(=S)NC2C[C@H]3CCC[C@@H](C2)N3C2CC2)c1. The summed E-state index contributed by atoms with van der Waals surface area (Å²) in [6.07, 6.45) is 9.53. The average molecular weight is 330 g/mol. The zero-order valence-electron chi connectivity index (χ0n) is 13.9. The highest BCUT2D eigenvalue weighted by molar-refractivity contribution is 7.80. The van der Waals surface area contributed by atoms with Gasteiger partial charge in [0.1, 0.15) is 0 Å². The second kappa shape index (κ2) is 6.40. The Labute approximate surface area is 144 Å². The lowest BCUT2D eigenvalue weighted by Crippen LogP contribution is -2.57. The van der Waals surface area contributed by atoms with Crippen LogP contribution in [0.5, 0.6) is 0 Å². The third-order valence-electron chi connectivity index (χ3n) is 5.61. The van der Waals surface area contributed by atoms with E-state index in [0.29, 0.717) is 6.04 Å². The predicted octanol–water partition coefficient (Wildman–Crippen LogP) is 3.83. The number of piperidine rings is 2. The molecular formula is C19H27N3S. The molecule has 0 spiro atoms. The molecular weight excluding hydrogens is 302 g/mol.